The van der Waals surface area contributed by atoms with Gasteiger partial charge in [-0.25, -0.2) is 0 Å². The Morgan fingerprint density at radius 2 is 1.17 bits per heavy atom. The Morgan fingerprint density at radius 3 is 1.62 bits per heavy atom. The van der Waals surface area contributed by atoms with Crippen LogP contribution in [0.3, 0.4) is 0 Å². The van der Waals surface area contributed by atoms with Gasteiger partial charge < -0.3 is 50.8 Å². The molecule has 4 aromatic rings. The van der Waals surface area contributed by atoms with Crippen LogP contribution in [-0.2, 0) is 30.7 Å². The first-order valence-corrected chi connectivity index (χ1v) is 14.4. The number of ether oxygens (including phenoxy) is 1. The number of rotatable bonds is 12. The van der Waals surface area contributed by atoms with Crippen molar-refractivity contribution in [3.05, 3.63) is 83.7 Å². The quantitative estimate of drug-likeness (QED) is 0.0689. The molecule has 0 radical (unpaired) electrons. The van der Waals surface area contributed by atoms with Gasteiger partial charge in [0.2, 0.25) is 0 Å². The molecule has 3 aromatic heterocycles. The Bertz CT molecular complexity index is 1880. The lowest BCUT2D eigenvalue weighted by molar-refractivity contribution is -0.117. The van der Waals surface area contributed by atoms with Crippen LogP contribution in [0.15, 0.2) is 61.1 Å². The van der Waals surface area contributed by atoms with E-state index in [0.717, 1.165) is 0 Å². The standard InChI is InChI=1S/C31H34N10O6/c1-39-14-20(10-22(39)28(43)34-9-8-26(32)33)37-30(45)24-12-21(15-41(24)3)38-29(44)23-11-19(13-40(23)2)36-27(42)17-4-6-18(7-5-17)35-31(46)25-16-47-25/h4-7,10-15,25H,8-9,16H2,1-3H3,(H3,32,33)(H,34,43)(H,35,46)(H,36,42)(H,37,45)(H,38,44). The highest BCUT2D eigenvalue weighted by Gasteiger charge is 2.31. The number of hydrogen-bond acceptors (Lipinski definition) is 7. The van der Waals surface area contributed by atoms with Crippen LogP contribution in [0.5, 0.6) is 0 Å². The summed E-state index contributed by atoms with van der Waals surface area (Å²) >= 11 is 0. The van der Waals surface area contributed by atoms with E-state index in [-0.39, 0.29) is 42.0 Å². The summed E-state index contributed by atoms with van der Waals surface area (Å²) in [5.41, 5.74) is 8.20. The van der Waals surface area contributed by atoms with Gasteiger partial charge >= 0.3 is 0 Å². The highest BCUT2D eigenvalue weighted by Crippen LogP contribution is 2.21. The van der Waals surface area contributed by atoms with Gasteiger partial charge in [0, 0.05) is 63.9 Å². The summed E-state index contributed by atoms with van der Waals surface area (Å²) in [6.45, 7) is 0.615. The zero-order chi connectivity index (χ0) is 33.8. The molecule has 1 aromatic carbocycles. The molecule has 47 heavy (non-hydrogen) atoms. The molecular weight excluding hydrogens is 608 g/mol. The number of epoxide rings is 1. The molecule has 0 spiro atoms. The van der Waals surface area contributed by atoms with Gasteiger partial charge in [-0.05, 0) is 42.5 Å². The zero-order valence-corrected chi connectivity index (χ0v) is 25.8. The molecule has 0 aliphatic carbocycles. The van der Waals surface area contributed by atoms with Gasteiger partial charge in [0.1, 0.15) is 17.1 Å². The summed E-state index contributed by atoms with van der Waals surface area (Å²) in [6.07, 6.45) is 4.58. The SMILES string of the molecule is Cn1cc(NC(=O)c2cc(NC(=O)c3cc(NC(=O)c4ccc(NC(=O)C5CO5)cc4)cn3C)cn2C)cc1C(=O)NCCC(=N)N. The summed E-state index contributed by atoms with van der Waals surface area (Å²) in [5, 5.41) is 20.9. The number of carbonyl (C=O) groups is 5. The summed E-state index contributed by atoms with van der Waals surface area (Å²) in [5.74, 6) is -1.97. The molecule has 5 amide bonds. The average molecular weight is 643 g/mol. The lowest BCUT2D eigenvalue weighted by atomic mass is 10.2. The number of amidine groups is 1. The predicted molar refractivity (Wildman–Crippen MR) is 174 cm³/mol. The van der Waals surface area contributed by atoms with Gasteiger partial charge in [-0.3, -0.25) is 29.4 Å². The molecule has 0 bridgehead atoms. The van der Waals surface area contributed by atoms with Crippen molar-refractivity contribution in [1.29, 1.82) is 5.41 Å². The third-order valence-corrected chi connectivity index (χ3v) is 7.21. The Hall–Kier alpha value is -6.16. The predicted octanol–water partition coefficient (Wildman–Crippen LogP) is 1.85. The topological polar surface area (TPSA) is 223 Å². The van der Waals surface area contributed by atoms with Crippen molar-refractivity contribution >= 4 is 58.1 Å². The molecule has 16 heteroatoms. The average Bonchev–Trinajstić information content (AvgIpc) is 3.58. The maximum absolute atomic E-state index is 13.1. The van der Waals surface area contributed by atoms with E-state index in [0.29, 0.717) is 40.6 Å². The van der Waals surface area contributed by atoms with E-state index >= 15 is 0 Å². The number of nitrogens with one attached hydrogen (secondary N) is 6. The van der Waals surface area contributed by atoms with Gasteiger partial charge in [-0.2, -0.15) is 0 Å². The largest absolute Gasteiger partial charge is 0.388 e. The number of nitrogens with zero attached hydrogens (tertiary/aromatic N) is 3. The molecule has 1 atom stereocenters. The third kappa shape index (κ3) is 7.93. The van der Waals surface area contributed by atoms with Gasteiger partial charge in [0.15, 0.2) is 6.10 Å². The highest BCUT2D eigenvalue weighted by molar-refractivity contribution is 6.09. The van der Waals surface area contributed by atoms with E-state index in [4.69, 9.17) is 15.9 Å². The normalized spacial score (nSPS) is 13.4. The molecule has 1 fully saturated rings. The summed E-state index contributed by atoms with van der Waals surface area (Å²) < 4.78 is 9.63. The second-order valence-electron chi connectivity index (χ2n) is 11.0. The number of amides is 5. The third-order valence-electron chi connectivity index (χ3n) is 7.21. The Labute approximate surface area is 268 Å². The minimum atomic E-state index is -0.464. The number of carbonyl (C=O) groups excluding carboxylic acids is 5. The zero-order valence-electron chi connectivity index (χ0n) is 25.8. The maximum Gasteiger partial charge on any atom is 0.272 e. The molecule has 4 heterocycles. The van der Waals surface area contributed by atoms with Gasteiger partial charge in [-0.1, -0.05) is 0 Å². The maximum atomic E-state index is 13.1. The van der Waals surface area contributed by atoms with E-state index < -0.39 is 23.8 Å². The molecule has 1 aliphatic heterocycles. The van der Waals surface area contributed by atoms with Crippen molar-refractivity contribution in [2.24, 2.45) is 26.9 Å². The Kier molecular flexibility index (Phi) is 9.23. The van der Waals surface area contributed by atoms with Crippen LogP contribution in [0.2, 0.25) is 0 Å². The fraction of sp³-hybridized carbons (Fsp3) is 0.226. The number of hydrogen-bond donors (Lipinski definition) is 7. The fourth-order valence-electron chi connectivity index (χ4n) is 4.70. The molecule has 1 saturated heterocycles. The van der Waals surface area contributed by atoms with Gasteiger partial charge in [0.05, 0.1) is 29.5 Å². The smallest absolute Gasteiger partial charge is 0.272 e. The van der Waals surface area contributed by atoms with E-state index in [1.807, 2.05) is 0 Å². The monoisotopic (exact) mass is 642 g/mol. The van der Waals surface area contributed by atoms with Crippen LogP contribution in [0.25, 0.3) is 0 Å². The lowest BCUT2D eigenvalue weighted by Gasteiger charge is -2.06. The van der Waals surface area contributed by atoms with Crippen LogP contribution >= 0.6 is 0 Å². The van der Waals surface area contributed by atoms with Crippen LogP contribution < -0.4 is 32.3 Å². The van der Waals surface area contributed by atoms with Crippen molar-refractivity contribution in [2.75, 3.05) is 34.4 Å². The molecular formula is C31H34N10O6. The number of anilines is 4. The van der Waals surface area contributed by atoms with Crippen molar-refractivity contribution in [3.8, 4) is 0 Å². The first-order valence-electron chi connectivity index (χ1n) is 14.4. The first-order chi connectivity index (χ1) is 22.4. The number of nitrogens with two attached hydrogens (primary N) is 1. The number of aromatic nitrogens is 3. The van der Waals surface area contributed by atoms with Crippen molar-refractivity contribution in [3.63, 3.8) is 0 Å². The van der Waals surface area contributed by atoms with Crippen LogP contribution in [0.4, 0.5) is 22.7 Å². The fourth-order valence-corrected chi connectivity index (χ4v) is 4.70. The van der Waals surface area contributed by atoms with E-state index in [1.165, 1.54) is 18.2 Å². The second-order valence-corrected chi connectivity index (χ2v) is 11.0. The summed E-state index contributed by atoms with van der Waals surface area (Å²) in [7, 11) is 4.98. The number of aryl methyl sites for hydroxylation is 3. The van der Waals surface area contributed by atoms with Crippen molar-refractivity contribution < 1.29 is 28.7 Å². The van der Waals surface area contributed by atoms with E-state index in [2.05, 4.69) is 26.6 Å². The van der Waals surface area contributed by atoms with Gasteiger partial charge in [0.25, 0.3) is 29.5 Å². The summed E-state index contributed by atoms with van der Waals surface area (Å²) in [4.78, 5) is 63.3. The molecule has 5 rings (SSSR count). The Balaban J connectivity index is 1.17. The number of benzene rings is 1. The Morgan fingerprint density at radius 1 is 0.723 bits per heavy atom. The van der Waals surface area contributed by atoms with Crippen molar-refractivity contribution in [1.82, 2.24) is 19.0 Å². The van der Waals surface area contributed by atoms with Crippen LogP contribution in [0.1, 0.15) is 48.2 Å². The van der Waals surface area contributed by atoms with E-state index in [9.17, 15) is 24.0 Å². The first kappa shape index (κ1) is 32.2. The second kappa shape index (κ2) is 13.5. The van der Waals surface area contributed by atoms with Gasteiger partial charge in [-0.15, -0.1) is 0 Å². The lowest BCUT2D eigenvalue weighted by Crippen LogP contribution is -2.28. The van der Waals surface area contributed by atoms with Crippen molar-refractivity contribution in [2.45, 2.75) is 12.5 Å². The van der Waals surface area contributed by atoms with E-state index in [1.54, 1.807) is 77.7 Å². The minimum absolute atomic E-state index is 0.0338. The molecule has 244 valence electrons. The minimum Gasteiger partial charge on any atom is -0.388 e. The van der Waals surface area contributed by atoms with Crippen LogP contribution in [-0.4, -0.2) is 68.3 Å². The highest BCUT2D eigenvalue weighted by atomic mass is 16.6. The van der Waals surface area contributed by atoms with Crippen LogP contribution in [0, 0.1) is 5.41 Å². The molecule has 8 N–H and O–H groups in total. The molecule has 16 nitrogen and oxygen atoms in total. The summed E-state index contributed by atoms with van der Waals surface area (Å²) in [6, 6.07) is 10.9. The molecule has 1 aliphatic rings. The molecule has 0 saturated carbocycles. The molecule has 1 unspecified atom stereocenters.